The summed E-state index contributed by atoms with van der Waals surface area (Å²) in [4.78, 5) is 24.8. The minimum atomic E-state index is -0.653. The monoisotopic (exact) mass is 518 g/mol. The Balaban J connectivity index is 2.15. The molecule has 0 saturated heterocycles. The lowest BCUT2D eigenvalue weighted by Gasteiger charge is -2.11. The van der Waals surface area contributed by atoms with Crippen molar-refractivity contribution in [3.05, 3.63) is 35.4 Å². The fraction of sp³-hybridized carbons (Fsp3) is 0.667. The molecule has 0 unspecified atom stereocenters. The molecule has 0 amide bonds. The van der Waals surface area contributed by atoms with E-state index in [9.17, 15) is 9.59 Å². The van der Waals surface area contributed by atoms with E-state index >= 15 is 0 Å². The lowest BCUT2D eigenvalue weighted by molar-refractivity contribution is -0.00403. The van der Waals surface area contributed by atoms with Gasteiger partial charge in [0.05, 0.1) is 104 Å². The second-order valence-electron chi connectivity index (χ2n) is 6.94. The molecule has 0 aliphatic heterocycles. The molecule has 12 heteroatoms. The molecular weight excluding hydrogens is 480 g/mol. The van der Waals surface area contributed by atoms with Gasteiger partial charge in [-0.3, -0.25) is 0 Å². The predicted octanol–water partition coefficient (Wildman–Crippen LogP) is 0.0844. The molecule has 0 fully saturated rings. The number of aliphatic hydroxyl groups is 2. The van der Waals surface area contributed by atoms with Crippen molar-refractivity contribution in [3.8, 4) is 0 Å². The third-order valence-corrected chi connectivity index (χ3v) is 4.25. The van der Waals surface area contributed by atoms with Gasteiger partial charge < -0.3 is 48.1 Å². The summed E-state index contributed by atoms with van der Waals surface area (Å²) in [6.45, 7) is 3.87. The summed E-state index contributed by atoms with van der Waals surface area (Å²) in [7, 11) is 0. The standard InChI is InChI=1S/C24H38O12/c25-5-7-29-9-11-31-13-15-33-17-19-35-23(27)21-3-1-2-4-22(21)24(28)36-20-18-34-16-14-32-12-10-30-8-6-26/h1-4,25-26H,5-20H2. The molecule has 206 valence electrons. The van der Waals surface area contributed by atoms with Gasteiger partial charge in [0.2, 0.25) is 0 Å². The average molecular weight is 519 g/mol. The minimum Gasteiger partial charge on any atom is -0.460 e. The van der Waals surface area contributed by atoms with Crippen molar-refractivity contribution >= 4 is 11.9 Å². The van der Waals surface area contributed by atoms with Crippen LogP contribution in [0.5, 0.6) is 0 Å². The SMILES string of the molecule is O=C(OCCOCCOCCOCCO)c1ccccc1C(=O)OCCOCCOCCOCCO. The second-order valence-corrected chi connectivity index (χ2v) is 6.94. The Labute approximate surface area is 211 Å². The normalized spacial score (nSPS) is 10.9. The van der Waals surface area contributed by atoms with Crippen LogP contribution in [-0.2, 0) is 37.9 Å². The first kappa shape index (κ1) is 31.9. The first-order valence-corrected chi connectivity index (χ1v) is 11.8. The Bertz CT molecular complexity index is 628. The largest absolute Gasteiger partial charge is 0.460 e. The van der Waals surface area contributed by atoms with Gasteiger partial charge in [-0.1, -0.05) is 12.1 Å². The van der Waals surface area contributed by atoms with Gasteiger partial charge in [-0.2, -0.15) is 0 Å². The molecule has 0 heterocycles. The van der Waals surface area contributed by atoms with Crippen molar-refractivity contribution in [2.45, 2.75) is 0 Å². The van der Waals surface area contributed by atoms with Gasteiger partial charge >= 0.3 is 11.9 Å². The number of ether oxygens (including phenoxy) is 8. The van der Waals surface area contributed by atoms with Crippen LogP contribution in [0.15, 0.2) is 24.3 Å². The van der Waals surface area contributed by atoms with Crippen molar-refractivity contribution in [2.24, 2.45) is 0 Å². The highest BCUT2D eigenvalue weighted by atomic mass is 16.6. The molecule has 2 N–H and O–H groups in total. The van der Waals surface area contributed by atoms with E-state index in [1.807, 2.05) is 0 Å². The first-order chi connectivity index (χ1) is 17.7. The van der Waals surface area contributed by atoms with Gasteiger partial charge in [0, 0.05) is 0 Å². The van der Waals surface area contributed by atoms with Gasteiger partial charge in [0.1, 0.15) is 13.2 Å². The number of benzene rings is 1. The highest BCUT2D eigenvalue weighted by Crippen LogP contribution is 2.12. The number of aliphatic hydroxyl groups excluding tert-OH is 2. The van der Waals surface area contributed by atoms with E-state index in [-0.39, 0.29) is 64.0 Å². The average Bonchev–Trinajstić information content (AvgIpc) is 2.90. The van der Waals surface area contributed by atoms with Crippen LogP contribution in [0.1, 0.15) is 20.7 Å². The number of esters is 2. The van der Waals surface area contributed by atoms with E-state index in [0.29, 0.717) is 52.9 Å². The summed E-state index contributed by atoms with van der Waals surface area (Å²) in [6, 6.07) is 6.24. The summed E-state index contributed by atoms with van der Waals surface area (Å²) in [6.07, 6.45) is 0. The molecule has 36 heavy (non-hydrogen) atoms. The fourth-order valence-corrected chi connectivity index (χ4v) is 2.59. The highest BCUT2D eigenvalue weighted by Gasteiger charge is 2.18. The maximum Gasteiger partial charge on any atom is 0.339 e. The van der Waals surface area contributed by atoms with E-state index in [0.717, 1.165) is 0 Å². The van der Waals surface area contributed by atoms with Crippen LogP contribution in [0.3, 0.4) is 0 Å². The number of carbonyl (C=O) groups excluding carboxylic acids is 2. The molecule has 0 aliphatic rings. The van der Waals surface area contributed by atoms with Crippen LogP contribution >= 0.6 is 0 Å². The lowest BCUT2D eigenvalue weighted by Crippen LogP contribution is -2.18. The number of hydrogen-bond acceptors (Lipinski definition) is 12. The van der Waals surface area contributed by atoms with Crippen LogP contribution in [0.4, 0.5) is 0 Å². The molecule has 0 spiro atoms. The molecule has 0 bridgehead atoms. The van der Waals surface area contributed by atoms with Crippen molar-refractivity contribution in [3.63, 3.8) is 0 Å². The highest BCUT2D eigenvalue weighted by molar-refractivity contribution is 6.03. The summed E-state index contributed by atoms with van der Waals surface area (Å²) < 4.78 is 41.7. The predicted molar refractivity (Wildman–Crippen MR) is 126 cm³/mol. The van der Waals surface area contributed by atoms with Crippen molar-refractivity contribution in [2.75, 3.05) is 106 Å². The second kappa shape index (κ2) is 23.3. The Hall–Kier alpha value is -2.16. The van der Waals surface area contributed by atoms with Crippen molar-refractivity contribution in [1.29, 1.82) is 0 Å². The van der Waals surface area contributed by atoms with Crippen LogP contribution < -0.4 is 0 Å². The summed E-state index contributed by atoms with van der Waals surface area (Å²) in [5.74, 6) is -1.31. The molecule has 1 aromatic rings. The topological polar surface area (TPSA) is 148 Å². The Morgan fingerprint density at radius 1 is 0.472 bits per heavy atom. The minimum absolute atomic E-state index is 0.0191. The fourth-order valence-electron chi connectivity index (χ4n) is 2.59. The zero-order valence-corrected chi connectivity index (χ0v) is 20.6. The zero-order chi connectivity index (χ0) is 26.1. The molecule has 0 atom stereocenters. The van der Waals surface area contributed by atoms with Crippen LogP contribution in [0.2, 0.25) is 0 Å². The van der Waals surface area contributed by atoms with Gasteiger partial charge in [0.15, 0.2) is 0 Å². The maximum absolute atomic E-state index is 12.4. The first-order valence-electron chi connectivity index (χ1n) is 11.8. The molecule has 1 rings (SSSR count). The Morgan fingerprint density at radius 3 is 1.06 bits per heavy atom. The molecule has 12 nitrogen and oxygen atoms in total. The number of rotatable bonds is 24. The maximum atomic E-state index is 12.4. The third kappa shape index (κ3) is 16.5. The number of carbonyl (C=O) groups is 2. The van der Waals surface area contributed by atoms with E-state index in [2.05, 4.69) is 0 Å². The van der Waals surface area contributed by atoms with Crippen LogP contribution in [0, 0.1) is 0 Å². The van der Waals surface area contributed by atoms with E-state index in [4.69, 9.17) is 48.1 Å². The Kier molecular flexibility index (Phi) is 20.6. The van der Waals surface area contributed by atoms with Gasteiger partial charge in [0.25, 0.3) is 0 Å². The third-order valence-electron chi connectivity index (χ3n) is 4.25. The van der Waals surface area contributed by atoms with Crippen LogP contribution in [-0.4, -0.2) is 128 Å². The summed E-state index contributed by atoms with van der Waals surface area (Å²) in [5.41, 5.74) is 0.206. The molecule has 0 aromatic heterocycles. The summed E-state index contributed by atoms with van der Waals surface area (Å²) >= 11 is 0. The van der Waals surface area contributed by atoms with Gasteiger partial charge in [-0.15, -0.1) is 0 Å². The number of hydrogen-bond donors (Lipinski definition) is 2. The van der Waals surface area contributed by atoms with Gasteiger partial charge in [-0.25, -0.2) is 9.59 Å². The lowest BCUT2D eigenvalue weighted by atomic mass is 10.1. The van der Waals surface area contributed by atoms with E-state index in [1.165, 1.54) is 12.1 Å². The Morgan fingerprint density at radius 2 is 0.750 bits per heavy atom. The smallest absolute Gasteiger partial charge is 0.339 e. The van der Waals surface area contributed by atoms with Gasteiger partial charge in [-0.05, 0) is 12.1 Å². The molecule has 1 aromatic carbocycles. The molecule has 0 radical (unpaired) electrons. The zero-order valence-electron chi connectivity index (χ0n) is 20.6. The van der Waals surface area contributed by atoms with E-state index < -0.39 is 11.9 Å². The quantitative estimate of drug-likeness (QED) is 0.141. The van der Waals surface area contributed by atoms with Crippen molar-refractivity contribution < 1.29 is 57.7 Å². The molecular formula is C24H38O12. The van der Waals surface area contributed by atoms with Crippen LogP contribution in [0.25, 0.3) is 0 Å². The molecule has 0 saturated carbocycles. The van der Waals surface area contributed by atoms with Crippen molar-refractivity contribution in [1.82, 2.24) is 0 Å². The van der Waals surface area contributed by atoms with E-state index in [1.54, 1.807) is 12.1 Å². The molecule has 0 aliphatic carbocycles. The summed E-state index contributed by atoms with van der Waals surface area (Å²) in [5, 5.41) is 17.2.